The molecule has 0 atom stereocenters. The van der Waals surface area contributed by atoms with Crippen LogP contribution in [0.15, 0.2) is 42.5 Å². The average Bonchev–Trinajstić information content (AvgIpc) is 2.44. The number of ether oxygens (including phenoxy) is 1. The van der Waals surface area contributed by atoms with Crippen molar-refractivity contribution in [2.45, 2.75) is 24.8 Å². The second-order valence-electron chi connectivity index (χ2n) is 5.41. The van der Waals surface area contributed by atoms with Crippen molar-refractivity contribution in [2.24, 2.45) is 0 Å². The molecule has 0 spiro atoms. The number of rotatable bonds is 4. The summed E-state index contributed by atoms with van der Waals surface area (Å²) in [5.74, 6) is 1.32. The highest BCUT2D eigenvalue weighted by atomic mass is 35.5. The molecule has 1 aliphatic rings. The summed E-state index contributed by atoms with van der Waals surface area (Å²) in [7, 11) is 1.62. The summed E-state index contributed by atoms with van der Waals surface area (Å²) in [6.07, 6.45) is 2.26. The molecule has 2 aromatic carbocycles. The van der Waals surface area contributed by atoms with Crippen LogP contribution in [0.5, 0.6) is 5.75 Å². The summed E-state index contributed by atoms with van der Waals surface area (Å²) in [5, 5.41) is 4.94. The monoisotopic (exact) mass is 321 g/mol. The molecule has 0 bridgehead atoms. The van der Waals surface area contributed by atoms with Crippen LogP contribution in [0.1, 0.15) is 24.3 Å². The SMILES string of the molecule is COc1ccc(NC2CC(c3ccc(Cl)cc3)C2)cc1Cl. The van der Waals surface area contributed by atoms with Crippen LogP contribution >= 0.6 is 23.2 Å². The molecule has 1 saturated carbocycles. The smallest absolute Gasteiger partial charge is 0.137 e. The fourth-order valence-electron chi connectivity index (χ4n) is 2.73. The lowest BCUT2D eigenvalue weighted by molar-refractivity contribution is 0.374. The zero-order chi connectivity index (χ0) is 14.8. The summed E-state index contributed by atoms with van der Waals surface area (Å²) < 4.78 is 5.16. The fraction of sp³-hybridized carbons (Fsp3) is 0.294. The maximum absolute atomic E-state index is 6.14. The number of methoxy groups -OCH3 is 1. The normalized spacial score (nSPS) is 20.7. The molecule has 4 heteroatoms. The molecule has 0 amide bonds. The zero-order valence-electron chi connectivity index (χ0n) is 11.8. The predicted octanol–water partition coefficient (Wildman–Crippen LogP) is 5.36. The van der Waals surface area contributed by atoms with E-state index in [1.165, 1.54) is 5.56 Å². The Morgan fingerprint density at radius 3 is 2.38 bits per heavy atom. The topological polar surface area (TPSA) is 21.3 Å². The van der Waals surface area contributed by atoms with Crippen LogP contribution in [0.25, 0.3) is 0 Å². The second-order valence-corrected chi connectivity index (χ2v) is 6.25. The Balaban J connectivity index is 1.57. The molecule has 0 saturated heterocycles. The lowest BCUT2D eigenvalue weighted by Gasteiger charge is -2.37. The van der Waals surface area contributed by atoms with Crippen molar-refractivity contribution < 1.29 is 4.74 Å². The van der Waals surface area contributed by atoms with Gasteiger partial charge < -0.3 is 10.1 Å². The van der Waals surface area contributed by atoms with Gasteiger partial charge in [0.15, 0.2) is 0 Å². The molecule has 110 valence electrons. The molecule has 21 heavy (non-hydrogen) atoms. The Kier molecular flexibility index (Phi) is 4.27. The molecular formula is C17H17Cl2NO. The molecule has 0 aliphatic heterocycles. The van der Waals surface area contributed by atoms with Gasteiger partial charge in [0, 0.05) is 16.8 Å². The standard InChI is InChI=1S/C17H17Cl2NO/c1-21-17-7-6-14(10-16(17)19)20-15-8-12(9-15)11-2-4-13(18)5-3-11/h2-7,10,12,15,20H,8-9H2,1H3. The molecule has 1 N–H and O–H groups in total. The molecule has 3 rings (SSSR count). The molecular weight excluding hydrogens is 305 g/mol. The van der Waals surface area contributed by atoms with Gasteiger partial charge in [0.1, 0.15) is 5.75 Å². The first-order valence-corrected chi connectivity index (χ1v) is 7.77. The molecule has 2 aromatic rings. The number of anilines is 1. The molecule has 0 radical (unpaired) electrons. The molecule has 0 aromatic heterocycles. The van der Waals surface area contributed by atoms with Crippen molar-refractivity contribution in [3.05, 3.63) is 58.1 Å². The van der Waals surface area contributed by atoms with Crippen LogP contribution in [0, 0.1) is 0 Å². The summed E-state index contributed by atoms with van der Waals surface area (Å²) >= 11 is 12.1. The van der Waals surface area contributed by atoms with Crippen LogP contribution in [0.3, 0.4) is 0 Å². The van der Waals surface area contributed by atoms with Crippen LogP contribution < -0.4 is 10.1 Å². The van der Waals surface area contributed by atoms with E-state index < -0.39 is 0 Å². The van der Waals surface area contributed by atoms with Crippen LogP contribution in [0.2, 0.25) is 10.0 Å². The minimum absolute atomic E-state index is 0.495. The van der Waals surface area contributed by atoms with Crippen molar-refractivity contribution in [2.75, 3.05) is 12.4 Å². The quantitative estimate of drug-likeness (QED) is 0.818. The first-order chi connectivity index (χ1) is 10.2. The molecule has 0 unspecified atom stereocenters. The van der Waals surface area contributed by atoms with Gasteiger partial charge in [0.25, 0.3) is 0 Å². The van der Waals surface area contributed by atoms with Gasteiger partial charge in [-0.05, 0) is 54.7 Å². The molecule has 1 fully saturated rings. The van der Waals surface area contributed by atoms with Crippen molar-refractivity contribution in [1.29, 1.82) is 0 Å². The van der Waals surface area contributed by atoms with Crippen molar-refractivity contribution in [3.8, 4) is 5.75 Å². The van der Waals surface area contributed by atoms with Gasteiger partial charge in [-0.3, -0.25) is 0 Å². The first kappa shape index (κ1) is 14.6. The maximum atomic E-state index is 6.14. The highest BCUT2D eigenvalue weighted by Crippen LogP contribution is 2.39. The number of nitrogens with one attached hydrogen (secondary N) is 1. The summed E-state index contributed by atoms with van der Waals surface area (Å²) in [5.41, 5.74) is 2.41. The predicted molar refractivity (Wildman–Crippen MR) is 88.8 cm³/mol. The minimum atomic E-state index is 0.495. The Morgan fingerprint density at radius 2 is 1.76 bits per heavy atom. The van der Waals surface area contributed by atoms with Gasteiger partial charge >= 0.3 is 0 Å². The van der Waals surface area contributed by atoms with Gasteiger partial charge in [-0.1, -0.05) is 35.3 Å². The molecule has 1 aliphatic carbocycles. The van der Waals surface area contributed by atoms with Gasteiger partial charge in [-0.2, -0.15) is 0 Å². The van der Waals surface area contributed by atoms with E-state index in [9.17, 15) is 0 Å². The highest BCUT2D eigenvalue weighted by molar-refractivity contribution is 6.32. The number of benzene rings is 2. The first-order valence-electron chi connectivity index (χ1n) is 7.01. The van der Waals surface area contributed by atoms with E-state index in [4.69, 9.17) is 27.9 Å². The van der Waals surface area contributed by atoms with Crippen LogP contribution in [0.4, 0.5) is 5.69 Å². The van der Waals surface area contributed by atoms with E-state index in [-0.39, 0.29) is 0 Å². The summed E-state index contributed by atoms with van der Waals surface area (Å²) in [6.45, 7) is 0. The Bertz CT molecular complexity index is 621. The zero-order valence-corrected chi connectivity index (χ0v) is 13.3. The number of hydrogen-bond acceptors (Lipinski definition) is 2. The van der Waals surface area contributed by atoms with Crippen molar-refractivity contribution in [1.82, 2.24) is 0 Å². The minimum Gasteiger partial charge on any atom is -0.495 e. The molecule has 2 nitrogen and oxygen atoms in total. The number of halogens is 2. The third-order valence-electron chi connectivity index (χ3n) is 4.00. The van der Waals surface area contributed by atoms with E-state index in [1.807, 2.05) is 30.3 Å². The van der Waals surface area contributed by atoms with E-state index in [2.05, 4.69) is 17.4 Å². The summed E-state index contributed by atoms with van der Waals surface area (Å²) in [4.78, 5) is 0. The third kappa shape index (κ3) is 3.28. The van der Waals surface area contributed by atoms with E-state index in [0.29, 0.717) is 22.7 Å². The van der Waals surface area contributed by atoms with Gasteiger partial charge in [-0.25, -0.2) is 0 Å². The molecule has 0 heterocycles. The Labute approximate surface area is 135 Å². The van der Waals surface area contributed by atoms with Crippen LogP contribution in [-0.4, -0.2) is 13.2 Å². The lowest BCUT2D eigenvalue weighted by Crippen LogP contribution is -2.33. The van der Waals surface area contributed by atoms with Crippen molar-refractivity contribution >= 4 is 28.9 Å². The highest BCUT2D eigenvalue weighted by Gasteiger charge is 2.30. The van der Waals surface area contributed by atoms with Gasteiger partial charge in [-0.15, -0.1) is 0 Å². The van der Waals surface area contributed by atoms with E-state index >= 15 is 0 Å². The fourth-order valence-corrected chi connectivity index (χ4v) is 3.12. The largest absolute Gasteiger partial charge is 0.495 e. The average molecular weight is 322 g/mol. The van der Waals surface area contributed by atoms with E-state index in [1.54, 1.807) is 7.11 Å². The lowest BCUT2D eigenvalue weighted by atomic mass is 9.76. The number of hydrogen-bond donors (Lipinski definition) is 1. The second kappa shape index (κ2) is 6.17. The summed E-state index contributed by atoms with van der Waals surface area (Å²) in [6, 6.07) is 14.5. The van der Waals surface area contributed by atoms with E-state index in [0.717, 1.165) is 23.6 Å². The van der Waals surface area contributed by atoms with Crippen molar-refractivity contribution in [3.63, 3.8) is 0 Å². The maximum Gasteiger partial charge on any atom is 0.137 e. The van der Waals surface area contributed by atoms with Crippen LogP contribution in [-0.2, 0) is 0 Å². The van der Waals surface area contributed by atoms with Gasteiger partial charge in [0.2, 0.25) is 0 Å². The van der Waals surface area contributed by atoms with Gasteiger partial charge in [0.05, 0.1) is 12.1 Å². The Morgan fingerprint density at radius 1 is 1.05 bits per heavy atom. The third-order valence-corrected chi connectivity index (χ3v) is 4.55. The Hall–Kier alpha value is -1.38.